The van der Waals surface area contributed by atoms with Gasteiger partial charge in [0.25, 0.3) is 0 Å². The molecule has 5 heteroatoms. The van der Waals surface area contributed by atoms with E-state index in [1.165, 1.54) is 38.5 Å². The van der Waals surface area contributed by atoms with Gasteiger partial charge in [0.05, 0.1) is 0 Å². The average molecular weight is 287 g/mol. The largest absolute Gasteiger partial charge is 0.355 e. The molecule has 114 valence electrons. The van der Waals surface area contributed by atoms with Crippen molar-refractivity contribution in [2.45, 2.75) is 58.4 Å². The summed E-state index contributed by atoms with van der Waals surface area (Å²) in [7, 11) is 2.17. The zero-order valence-electron chi connectivity index (χ0n) is 13.3. The van der Waals surface area contributed by atoms with Gasteiger partial charge in [-0.3, -0.25) is 0 Å². The molecule has 0 N–H and O–H groups in total. The number of nitrogens with zero attached hydrogens (tertiary/aromatic N) is 5. The molecule has 3 rings (SSSR count). The van der Waals surface area contributed by atoms with Crippen LogP contribution in [-0.2, 0) is 0 Å². The van der Waals surface area contributed by atoms with Crippen molar-refractivity contribution in [2.24, 2.45) is 5.92 Å². The van der Waals surface area contributed by atoms with Gasteiger partial charge >= 0.3 is 0 Å². The third-order valence-electron chi connectivity index (χ3n) is 4.83. The standard InChI is InChI=1S/C16H25N5/c1-4-5-13-6-8-14(9-7-13)20(3)16-11-10-15-18-17-12(2)21(15)19-16/h10-11,13-14H,4-9H2,1-3H3. The Morgan fingerprint density at radius 1 is 1.19 bits per heavy atom. The Balaban J connectivity index is 1.72. The fourth-order valence-corrected chi connectivity index (χ4v) is 3.49. The van der Waals surface area contributed by atoms with Gasteiger partial charge in [0.1, 0.15) is 5.82 Å². The van der Waals surface area contributed by atoms with Gasteiger partial charge in [-0.2, -0.15) is 4.52 Å². The van der Waals surface area contributed by atoms with Crippen LogP contribution in [0.25, 0.3) is 5.65 Å². The molecule has 0 bridgehead atoms. The lowest BCUT2D eigenvalue weighted by Crippen LogP contribution is -2.36. The maximum Gasteiger partial charge on any atom is 0.178 e. The number of aryl methyl sites for hydroxylation is 1. The highest BCUT2D eigenvalue weighted by Crippen LogP contribution is 2.31. The molecule has 0 spiro atoms. The van der Waals surface area contributed by atoms with Gasteiger partial charge in [0.2, 0.25) is 0 Å². The minimum absolute atomic E-state index is 0.611. The summed E-state index contributed by atoms with van der Waals surface area (Å²) in [6.45, 7) is 4.23. The Morgan fingerprint density at radius 3 is 2.67 bits per heavy atom. The van der Waals surface area contributed by atoms with Crippen LogP contribution in [0.1, 0.15) is 51.3 Å². The predicted octanol–water partition coefficient (Wildman–Crippen LogP) is 3.23. The van der Waals surface area contributed by atoms with Crippen LogP contribution < -0.4 is 4.90 Å². The number of hydrogen-bond acceptors (Lipinski definition) is 4. The summed E-state index contributed by atoms with van der Waals surface area (Å²) >= 11 is 0. The summed E-state index contributed by atoms with van der Waals surface area (Å²) in [5.41, 5.74) is 0.816. The summed E-state index contributed by atoms with van der Waals surface area (Å²) in [6.07, 6.45) is 7.98. The molecule has 2 aromatic rings. The van der Waals surface area contributed by atoms with Crippen molar-refractivity contribution in [1.82, 2.24) is 19.8 Å². The zero-order valence-corrected chi connectivity index (χ0v) is 13.3. The molecule has 1 saturated carbocycles. The van der Waals surface area contributed by atoms with E-state index in [2.05, 4.69) is 40.2 Å². The van der Waals surface area contributed by atoms with E-state index in [0.29, 0.717) is 6.04 Å². The fourth-order valence-electron chi connectivity index (χ4n) is 3.49. The number of aromatic nitrogens is 4. The third kappa shape index (κ3) is 2.87. The van der Waals surface area contributed by atoms with Crippen LogP contribution in [0.15, 0.2) is 12.1 Å². The van der Waals surface area contributed by atoms with Gasteiger partial charge in [-0.15, -0.1) is 15.3 Å². The van der Waals surface area contributed by atoms with Crippen molar-refractivity contribution >= 4 is 11.5 Å². The quantitative estimate of drug-likeness (QED) is 0.866. The number of anilines is 1. The van der Waals surface area contributed by atoms with Crippen LogP contribution in [0.3, 0.4) is 0 Å². The third-order valence-corrected chi connectivity index (χ3v) is 4.83. The molecule has 1 aliphatic carbocycles. The lowest BCUT2D eigenvalue weighted by Gasteiger charge is -2.35. The van der Waals surface area contributed by atoms with Crippen molar-refractivity contribution in [1.29, 1.82) is 0 Å². The maximum atomic E-state index is 4.68. The lowest BCUT2D eigenvalue weighted by atomic mass is 9.83. The normalized spacial score (nSPS) is 22.6. The molecule has 0 atom stereocenters. The highest BCUT2D eigenvalue weighted by molar-refractivity contribution is 5.45. The molecular weight excluding hydrogens is 262 g/mol. The van der Waals surface area contributed by atoms with Crippen LogP contribution in [0.4, 0.5) is 5.82 Å². The van der Waals surface area contributed by atoms with E-state index >= 15 is 0 Å². The van der Waals surface area contributed by atoms with Crippen LogP contribution in [-0.4, -0.2) is 32.9 Å². The molecule has 0 amide bonds. The van der Waals surface area contributed by atoms with Crippen LogP contribution in [0, 0.1) is 12.8 Å². The van der Waals surface area contributed by atoms with E-state index in [0.717, 1.165) is 23.2 Å². The first kappa shape index (κ1) is 14.3. The molecule has 5 nitrogen and oxygen atoms in total. The topological polar surface area (TPSA) is 46.3 Å². The maximum absolute atomic E-state index is 4.68. The van der Waals surface area contributed by atoms with E-state index in [4.69, 9.17) is 0 Å². The average Bonchev–Trinajstić information content (AvgIpc) is 2.89. The van der Waals surface area contributed by atoms with Crippen LogP contribution in [0.5, 0.6) is 0 Å². The monoisotopic (exact) mass is 287 g/mol. The van der Waals surface area contributed by atoms with E-state index in [1.807, 2.05) is 17.5 Å². The Morgan fingerprint density at radius 2 is 1.95 bits per heavy atom. The summed E-state index contributed by atoms with van der Waals surface area (Å²) in [4.78, 5) is 2.33. The summed E-state index contributed by atoms with van der Waals surface area (Å²) < 4.78 is 1.83. The molecule has 2 aromatic heterocycles. The molecule has 2 heterocycles. The van der Waals surface area contributed by atoms with Crippen LogP contribution >= 0.6 is 0 Å². The van der Waals surface area contributed by atoms with Crippen LogP contribution in [0.2, 0.25) is 0 Å². The van der Waals surface area contributed by atoms with Crippen molar-refractivity contribution in [3.05, 3.63) is 18.0 Å². The first-order valence-corrected chi connectivity index (χ1v) is 8.11. The number of rotatable bonds is 4. The second kappa shape index (κ2) is 6.00. The number of fused-ring (bicyclic) bond motifs is 1. The van der Waals surface area contributed by atoms with Gasteiger partial charge in [-0.1, -0.05) is 19.8 Å². The molecule has 0 unspecified atom stereocenters. The lowest BCUT2D eigenvalue weighted by molar-refractivity contribution is 0.303. The predicted molar refractivity (Wildman–Crippen MR) is 84.6 cm³/mol. The van der Waals surface area contributed by atoms with E-state index in [1.54, 1.807) is 0 Å². The van der Waals surface area contributed by atoms with Crippen molar-refractivity contribution in [3.8, 4) is 0 Å². The first-order valence-electron chi connectivity index (χ1n) is 8.11. The summed E-state index contributed by atoms with van der Waals surface area (Å²) in [5, 5.41) is 12.8. The van der Waals surface area contributed by atoms with Gasteiger partial charge in [-0.05, 0) is 50.7 Å². The van der Waals surface area contributed by atoms with Gasteiger partial charge in [0, 0.05) is 13.1 Å². The Kier molecular flexibility index (Phi) is 4.08. The van der Waals surface area contributed by atoms with Gasteiger partial charge in [-0.25, -0.2) is 0 Å². The molecule has 1 aliphatic rings. The Hall–Kier alpha value is -1.65. The van der Waals surface area contributed by atoms with Crippen molar-refractivity contribution in [3.63, 3.8) is 0 Å². The van der Waals surface area contributed by atoms with Gasteiger partial charge in [0.15, 0.2) is 11.5 Å². The second-order valence-electron chi connectivity index (χ2n) is 6.28. The highest BCUT2D eigenvalue weighted by Gasteiger charge is 2.24. The smallest absolute Gasteiger partial charge is 0.178 e. The second-order valence-corrected chi connectivity index (χ2v) is 6.28. The molecular formula is C16H25N5. The van der Waals surface area contributed by atoms with E-state index in [9.17, 15) is 0 Å². The SMILES string of the molecule is CCCC1CCC(N(C)c2ccc3nnc(C)n3n2)CC1. The Labute approximate surface area is 126 Å². The molecule has 0 aromatic carbocycles. The van der Waals surface area contributed by atoms with Crippen molar-refractivity contribution in [2.75, 3.05) is 11.9 Å². The van der Waals surface area contributed by atoms with Crippen molar-refractivity contribution < 1.29 is 0 Å². The number of hydrogen-bond donors (Lipinski definition) is 0. The van der Waals surface area contributed by atoms with E-state index < -0.39 is 0 Å². The molecule has 1 fully saturated rings. The molecule has 21 heavy (non-hydrogen) atoms. The summed E-state index contributed by atoms with van der Waals surface area (Å²) in [6, 6.07) is 4.67. The minimum Gasteiger partial charge on any atom is -0.355 e. The molecule has 0 saturated heterocycles. The highest BCUT2D eigenvalue weighted by atomic mass is 15.4. The fraction of sp³-hybridized carbons (Fsp3) is 0.688. The minimum atomic E-state index is 0.611. The molecule has 0 radical (unpaired) electrons. The zero-order chi connectivity index (χ0) is 14.8. The Bertz CT molecular complexity index is 598. The summed E-state index contributed by atoms with van der Waals surface area (Å²) in [5.74, 6) is 2.80. The van der Waals surface area contributed by atoms with Gasteiger partial charge < -0.3 is 4.90 Å². The molecule has 0 aliphatic heterocycles. The van der Waals surface area contributed by atoms with E-state index in [-0.39, 0.29) is 0 Å². The first-order chi connectivity index (χ1) is 10.2.